The maximum Gasteiger partial charge on any atom is 0.250 e. The molecule has 0 saturated carbocycles. The molecule has 3 aliphatic heterocycles. The minimum atomic E-state index is -1.12. The highest BCUT2D eigenvalue weighted by Crippen LogP contribution is 2.64. The largest absolute Gasteiger partial charge is 0.497 e. The lowest BCUT2D eigenvalue weighted by Gasteiger charge is -2.38. The first-order chi connectivity index (χ1) is 17.2. The fraction of sp³-hybridized carbons (Fsp3) is 0.667. The van der Waals surface area contributed by atoms with Gasteiger partial charge in [0.05, 0.1) is 37.2 Å². The zero-order valence-electron chi connectivity index (χ0n) is 21.9. The van der Waals surface area contributed by atoms with Crippen LogP contribution in [0.2, 0.25) is 0 Å². The summed E-state index contributed by atoms with van der Waals surface area (Å²) in [5.41, 5.74) is -1.34. The van der Waals surface area contributed by atoms with Crippen LogP contribution in [0.15, 0.2) is 24.3 Å². The molecule has 9 nitrogen and oxygen atoms in total. The van der Waals surface area contributed by atoms with Crippen LogP contribution >= 0.6 is 0 Å². The number of carbonyl (C=O) groups is 3. The summed E-state index contributed by atoms with van der Waals surface area (Å²) >= 11 is 0. The molecule has 1 aromatic carbocycles. The second-order valence-corrected chi connectivity index (χ2v) is 10.6. The highest BCUT2D eigenvalue weighted by Gasteiger charge is 2.79. The number of hydrogen-bond donors (Lipinski definition) is 3. The van der Waals surface area contributed by atoms with Gasteiger partial charge in [0, 0.05) is 12.2 Å². The number of carbonyl (C=O) groups excluding carboxylic acids is 3. The van der Waals surface area contributed by atoms with Crippen LogP contribution < -0.4 is 15.4 Å². The molecule has 0 aromatic heterocycles. The minimum Gasteiger partial charge on any atom is -0.497 e. The number of aliphatic hydroxyl groups excluding tert-OH is 1. The highest BCUT2D eigenvalue weighted by molar-refractivity contribution is 6.04. The van der Waals surface area contributed by atoms with Crippen molar-refractivity contribution in [2.75, 3.05) is 25.6 Å². The lowest BCUT2D eigenvalue weighted by atomic mass is 9.65. The number of nitrogens with zero attached hydrogens (tertiary/aromatic N) is 1. The summed E-state index contributed by atoms with van der Waals surface area (Å²) < 4.78 is 11.9. The van der Waals surface area contributed by atoms with Gasteiger partial charge in [-0.3, -0.25) is 14.4 Å². The van der Waals surface area contributed by atoms with Crippen LogP contribution in [0.25, 0.3) is 0 Å². The Morgan fingerprint density at radius 1 is 1.19 bits per heavy atom. The molecular formula is C27H39N3O6. The fourth-order valence-corrected chi connectivity index (χ4v) is 6.57. The zero-order chi connectivity index (χ0) is 26.3. The molecule has 1 spiro atoms. The van der Waals surface area contributed by atoms with Crippen molar-refractivity contribution in [2.45, 2.75) is 76.7 Å². The van der Waals surface area contributed by atoms with Gasteiger partial charge >= 0.3 is 0 Å². The Morgan fingerprint density at radius 3 is 2.44 bits per heavy atom. The van der Waals surface area contributed by atoms with Gasteiger partial charge in [0.1, 0.15) is 17.4 Å². The summed E-state index contributed by atoms with van der Waals surface area (Å²) in [5, 5.41) is 16.2. The minimum absolute atomic E-state index is 0.102. The van der Waals surface area contributed by atoms with E-state index in [-0.39, 0.29) is 30.2 Å². The molecule has 2 bridgehead atoms. The van der Waals surface area contributed by atoms with Gasteiger partial charge in [-0.05, 0) is 55.9 Å². The van der Waals surface area contributed by atoms with Gasteiger partial charge in [-0.2, -0.15) is 0 Å². The summed E-state index contributed by atoms with van der Waals surface area (Å²) in [6, 6.07) is 5.42. The third-order valence-electron chi connectivity index (χ3n) is 8.37. The van der Waals surface area contributed by atoms with Crippen LogP contribution in [0.4, 0.5) is 5.69 Å². The standard InChI is InChI=1S/C27H39N3O6/c1-6-14-28-23(32)20-21-25(34)30(19(15-31)16(3)4)22(27(21)13-12-26(20,7-2)36-27)24(33)29-17-8-10-18(35-5)11-9-17/h8-11,16,19-22,31H,6-7,12-15H2,1-5H3,(H,28,32)(H,29,33)/t19-,20+,21-,22?,26-,27?/m0/s1. The zero-order valence-corrected chi connectivity index (χ0v) is 21.9. The lowest BCUT2D eigenvalue weighted by Crippen LogP contribution is -2.57. The van der Waals surface area contributed by atoms with E-state index in [1.807, 2.05) is 27.7 Å². The summed E-state index contributed by atoms with van der Waals surface area (Å²) in [6.07, 6.45) is 2.45. The average Bonchev–Trinajstić information content (AvgIpc) is 3.47. The van der Waals surface area contributed by atoms with Crippen LogP contribution in [0.3, 0.4) is 0 Å². The number of benzene rings is 1. The van der Waals surface area contributed by atoms with E-state index in [9.17, 15) is 19.5 Å². The first-order valence-corrected chi connectivity index (χ1v) is 13.1. The van der Waals surface area contributed by atoms with Crippen molar-refractivity contribution in [3.05, 3.63) is 24.3 Å². The molecule has 3 amide bonds. The normalized spacial score (nSPS) is 31.5. The molecule has 4 rings (SSSR count). The Kier molecular flexibility index (Phi) is 7.35. The molecule has 3 heterocycles. The van der Waals surface area contributed by atoms with Gasteiger partial charge in [-0.25, -0.2) is 0 Å². The van der Waals surface area contributed by atoms with E-state index in [1.54, 1.807) is 31.4 Å². The third-order valence-corrected chi connectivity index (χ3v) is 8.37. The molecule has 0 aliphatic carbocycles. The Labute approximate surface area is 212 Å². The molecular weight excluding hydrogens is 462 g/mol. The molecule has 3 fully saturated rings. The number of hydrogen-bond acceptors (Lipinski definition) is 6. The maximum absolute atomic E-state index is 14.1. The van der Waals surface area contributed by atoms with E-state index in [2.05, 4.69) is 10.6 Å². The smallest absolute Gasteiger partial charge is 0.250 e. The number of methoxy groups -OCH3 is 1. The molecule has 198 valence electrons. The second kappa shape index (κ2) is 10.0. The van der Waals surface area contributed by atoms with E-state index in [4.69, 9.17) is 9.47 Å². The Balaban J connectivity index is 1.77. The predicted octanol–water partition coefficient (Wildman–Crippen LogP) is 2.33. The molecule has 3 saturated heterocycles. The molecule has 3 N–H and O–H groups in total. The molecule has 3 aliphatic rings. The SMILES string of the molecule is CCCNC(=O)[C@H]1[C@H]2C(=O)N([C@@H](CO)C(C)C)C(C(=O)Nc3ccc(OC)cc3)C23CC[C@]1(CC)O3. The van der Waals surface area contributed by atoms with Gasteiger partial charge < -0.3 is 30.1 Å². The number of aliphatic hydroxyl groups is 1. The van der Waals surface area contributed by atoms with Crippen LogP contribution in [-0.2, 0) is 19.1 Å². The van der Waals surface area contributed by atoms with Crippen LogP contribution in [0, 0.1) is 17.8 Å². The van der Waals surface area contributed by atoms with Crippen molar-refractivity contribution in [1.29, 1.82) is 0 Å². The number of ether oxygens (including phenoxy) is 2. The topological polar surface area (TPSA) is 117 Å². The van der Waals surface area contributed by atoms with Gasteiger partial charge in [0.15, 0.2) is 0 Å². The molecule has 1 aromatic rings. The van der Waals surface area contributed by atoms with Gasteiger partial charge in [0.25, 0.3) is 0 Å². The highest BCUT2D eigenvalue weighted by atomic mass is 16.5. The molecule has 6 atom stereocenters. The molecule has 9 heteroatoms. The van der Waals surface area contributed by atoms with Gasteiger partial charge in [-0.15, -0.1) is 0 Å². The number of amides is 3. The molecule has 0 radical (unpaired) electrons. The van der Waals surface area contributed by atoms with Crippen molar-refractivity contribution >= 4 is 23.4 Å². The van der Waals surface area contributed by atoms with E-state index in [0.29, 0.717) is 37.2 Å². The van der Waals surface area contributed by atoms with Crippen LogP contribution in [0.5, 0.6) is 5.75 Å². The van der Waals surface area contributed by atoms with E-state index in [0.717, 1.165) is 6.42 Å². The van der Waals surface area contributed by atoms with E-state index in [1.165, 1.54) is 4.90 Å². The first-order valence-electron chi connectivity index (χ1n) is 13.1. The van der Waals surface area contributed by atoms with E-state index >= 15 is 0 Å². The van der Waals surface area contributed by atoms with Gasteiger partial charge in [-0.1, -0.05) is 27.7 Å². The quantitative estimate of drug-likeness (QED) is 0.453. The summed E-state index contributed by atoms with van der Waals surface area (Å²) in [4.78, 5) is 43.0. The number of fused-ring (bicyclic) bond motifs is 1. The average molecular weight is 502 g/mol. The van der Waals surface area contributed by atoms with Crippen LogP contribution in [0.1, 0.15) is 53.4 Å². The predicted molar refractivity (Wildman–Crippen MR) is 134 cm³/mol. The van der Waals surface area contributed by atoms with Crippen molar-refractivity contribution in [1.82, 2.24) is 10.2 Å². The first kappa shape index (κ1) is 26.4. The third kappa shape index (κ3) is 3.96. The number of nitrogens with one attached hydrogen (secondary N) is 2. The Hall–Kier alpha value is -2.65. The van der Waals surface area contributed by atoms with Crippen molar-refractivity contribution < 1.29 is 29.0 Å². The van der Waals surface area contributed by atoms with Crippen molar-refractivity contribution in [3.63, 3.8) is 0 Å². The fourth-order valence-electron chi connectivity index (χ4n) is 6.57. The lowest BCUT2D eigenvalue weighted by molar-refractivity contribution is -0.150. The monoisotopic (exact) mass is 501 g/mol. The van der Waals surface area contributed by atoms with Gasteiger partial charge in [0.2, 0.25) is 17.7 Å². The summed E-state index contributed by atoms with van der Waals surface area (Å²) in [6.45, 7) is 8.00. The van der Waals surface area contributed by atoms with Crippen molar-refractivity contribution in [2.24, 2.45) is 17.8 Å². The van der Waals surface area contributed by atoms with Crippen molar-refractivity contribution in [3.8, 4) is 5.75 Å². The Morgan fingerprint density at radius 2 is 1.89 bits per heavy atom. The Bertz CT molecular complexity index is 998. The summed E-state index contributed by atoms with van der Waals surface area (Å²) in [5.74, 6) is -1.75. The van der Waals surface area contributed by atoms with E-state index < -0.39 is 35.1 Å². The molecule has 2 unspecified atom stereocenters. The molecule has 36 heavy (non-hydrogen) atoms. The number of rotatable bonds is 10. The number of anilines is 1. The number of likely N-dealkylation sites (tertiary alicyclic amines) is 1. The van der Waals surface area contributed by atoms with Crippen LogP contribution in [-0.4, -0.2) is 71.3 Å². The summed E-state index contributed by atoms with van der Waals surface area (Å²) in [7, 11) is 1.57. The second-order valence-electron chi connectivity index (χ2n) is 10.6. The maximum atomic E-state index is 14.1.